The highest BCUT2D eigenvalue weighted by Gasteiger charge is 2.40. The first-order valence-corrected chi connectivity index (χ1v) is 8.15. The van der Waals surface area contributed by atoms with Crippen LogP contribution in [0.15, 0.2) is 4.79 Å². The van der Waals surface area contributed by atoms with Gasteiger partial charge in [0.15, 0.2) is 0 Å². The van der Waals surface area contributed by atoms with Gasteiger partial charge in [0.05, 0.1) is 11.3 Å². The molecule has 0 radical (unpaired) electrons. The van der Waals surface area contributed by atoms with Crippen molar-refractivity contribution in [2.24, 2.45) is 11.8 Å². The smallest absolute Gasteiger partial charge is 0.309 e. The van der Waals surface area contributed by atoms with Crippen LogP contribution in [0.25, 0.3) is 10.2 Å². The second kappa shape index (κ2) is 4.66. The van der Waals surface area contributed by atoms with Crippen molar-refractivity contribution < 1.29 is 9.53 Å². The summed E-state index contributed by atoms with van der Waals surface area (Å²) in [6.45, 7) is 2.08. The van der Waals surface area contributed by atoms with Gasteiger partial charge < -0.3 is 9.72 Å². The van der Waals surface area contributed by atoms with Gasteiger partial charge in [0, 0.05) is 4.88 Å². The lowest BCUT2D eigenvalue weighted by Crippen LogP contribution is -2.15. The highest BCUT2D eigenvalue weighted by atomic mass is 32.1. The fourth-order valence-electron chi connectivity index (χ4n) is 3.01. The summed E-state index contributed by atoms with van der Waals surface area (Å²) < 4.78 is 5.24. The fraction of sp³-hybridized carbons (Fsp3) is 0.533. The Kier molecular flexibility index (Phi) is 2.89. The first-order chi connectivity index (χ1) is 10.1. The first-order valence-electron chi connectivity index (χ1n) is 7.33. The summed E-state index contributed by atoms with van der Waals surface area (Å²) in [4.78, 5) is 33.2. The highest BCUT2D eigenvalue weighted by molar-refractivity contribution is 7.18. The molecule has 0 spiro atoms. The molecule has 2 aromatic rings. The number of aromatic amines is 1. The molecule has 2 aliphatic rings. The maximum Gasteiger partial charge on any atom is 0.309 e. The van der Waals surface area contributed by atoms with Gasteiger partial charge in [-0.1, -0.05) is 6.92 Å². The van der Waals surface area contributed by atoms with Crippen LogP contribution in [0.1, 0.15) is 36.0 Å². The number of thiophene rings is 1. The molecular formula is C15H16N2O3S. The van der Waals surface area contributed by atoms with Crippen LogP contribution in [-0.4, -0.2) is 15.9 Å². The lowest BCUT2D eigenvalue weighted by Gasteiger charge is -2.04. The second-order valence-electron chi connectivity index (χ2n) is 5.98. The molecule has 0 unspecified atom stereocenters. The van der Waals surface area contributed by atoms with Crippen LogP contribution >= 0.6 is 11.3 Å². The van der Waals surface area contributed by atoms with Crippen LogP contribution in [0.5, 0.6) is 0 Å². The second-order valence-corrected chi connectivity index (χ2v) is 7.06. The van der Waals surface area contributed by atoms with E-state index in [4.69, 9.17) is 4.74 Å². The quantitative estimate of drug-likeness (QED) is 0.882. The SMILES string of the molecule is C[C@H]1C[C@@H]1C(=O)OCc1nc2sc3c(c2c(=O)[nH]1)CCC3. The molecule has 0 bridgehead atoms. The van der Waals surface area contributed by atoms with E-state index in [2.05, 4.69) is 9.97 Å². The van der Waals surface area contributed by atoms with E-state index < -0.39 is 0 Å². The Morgan fingerprint density at radius 1 is 1.48 bits per heavy atom. The van der Waals surface area contributed by atoms with Gasteiger partial charge in [0.25, 0.3) is 5.56 Å². The summed E-state index contributed by atoms with van der Waals surface area (Å²) in [5, 5.41) is 0.735. The van der Waals surface area contributed by atoms with Gasteiger partial charge in [0.2, 0.25) is 0 Å². The summed E-state index contributed by atoms with van der Waals surface area (Å²) in [6.07, 6.45) is 4.03. The number of fused-ring (bicyclic) bond motifs is 3. The van der Waals surface area contributed by atoms with Crippen molar-refractivity contribution in [2.45, 2.75) is 39.2 Å². The molecule has 2 heterocycles. The van der Waals surface area contributed by atoms with Gasteiger partial charge in [-0.15, -0.1) is 11.3 Å². The van der Waals surface area contributed by atoms with Crippen LogP contribution in [-0.2, 0) is 29.0 Å². The van der Waals surface area contributed by atoms with Gasteiger partial charge in [-0.25, -0.2) is 4.98 Å². The zero-order chi connectivity index (χ0) is 14.6. The zero-order valence-corrected chi connectivity index (χ0v) is 12.6. The molecule has 21 heavy (non-hydrogen) atoms. The minimum absolute atomic E-state index is 0.0333. The van der Waals surface area contributed by atoms with Crippen LogP contribution in [0.4, 0.5) is 0 Å². The lowest BCUT2D eigenvalue weighted by atomic mass is 10.2. The highest BCUT2D eigenvalue weighted by Crippen LogP contribution is 2.38. The number of nitrogens with zero attached hydrogens (tertiary/aromatic N) is 1. The summed E-state index contributed by atoms with van der Waals surface area (Å²) in [6, 6.07) is 0. The standard InChI is InChI=1S/C15H16N2O3S/c1-7-5-9(7)15(19)20-6-11-16-13(18)12-8-3-2-4-10(8)21-14(12)17-11/h7,9H,2-6H2,1H3,(H,16,17,18)/t7-,9-/m0/s1. The van der Waals surface area contributed by atoms with Crippen molar-refractivity contribution in [3.8, 4) is 0 Å². The van der Waals surface area contributed by atoms with Crippen molar-refractivity contribution in [3.63, 3.8) is 0 Å². The van der Waals surface area contributed by atoms with Crippen molar-refractivity contribution in [1.82, 2.24) is 9.97 Å². The largest absolute Gasteiger partial charge is 0.457 e. The fourth-order valence-corrected chi connectivity index (χ4v) is 4.29. The lowest BCUT2D eigenvalue weighted by molar-refractivity contribution is -0.147. The van der Waals surface area contributed by atoms with Gasteiger partial charge in [-0.05, 0) is 37.2 Å². The molecule has 4 rings (SSSR count). The minimum Gasteiger partial charge on any atom is -0.457 e. The number of hydrogen-bond donors (Lipinski definition) is 1. The van der Waals surface area contributed by atoms with E-state index >= 15 is 0 Å². The number of aryl methyl sites for hydroxylation is 2. The summed E-state index contributed by atoms with van der Waals surface area (Å²) in [7, 11) is 0. The van der Waals surface area contributed by atoms with Crippen molar-refractivity contribution in [3.05, 3.63) is 26.6 Å². The molecule has 0 amide bonds. The number of H-pyrrole nitrogens is 1. The van der Waals surface area contributed by atoms with Gasteiger partial charge in [-0.2, -0.15) is 0 Å². The number of aromatic nitrogens is 2. The van der Waals surface area contributed by atoms with E-state index in [1.807, 2.05) is 6.92 Å². The summed E-state index contributed by atoms with van der Waals surface area (Å²) >= 11 is 1.60. The molecule has 0 aromatic carbocycles. The number of carbonyl (C=O) groups excluding carboxylic acids is 1. The molecule has 1 fully saturated rings. The van der Waals surface area contributed by atoms with Crippen LogP contribution in [0, 0.1) is 11.8 Å². The number of ether oxygens (including phenoxy) is 1. The molecule has 0 saturated heterocycles. The molecule has 5 nitrogen and oxygen atoms in total. The van der Waals surface area contributed by atoms with E-state index in [1.165, 1.54) is 10.4 Å². The molecular weight excluding hydrogens is 288 g/mol. The number of nitrogens with one attached hydrogen (secondary N) is 1. The molecule has 2 aromatic heterocycles. The van der Waals surface area contributed by atoms with Crippen LogP contribution < -0.4 is 5.56 Å². The third kappa shape index (κ3) is 2.18. The Morgan fingerprint density at radius 2 is 2.29 bits per heavy atom. The number of esters is 1. The van der Waals surface area contributed by atoms with Crippen LogP contribution in [0.2, 0.25) is 0 Å². The monoisotopic (exact) mass is 304 g/mol. The summed E-state index contributed by atoms with van der Waals surface area (Å²) in [5.41, 5.74) is 1.06. The van der Waals surface area contributed by atoms with Crippen molar-refractivity contribution in [1.29, 1.82) is 0 Å². The normalized spacial score (nSPS) is 23.3. The van der Waals surface area contributed by atoms with Crippen LogP contribution in [0.3, 0.4) is 0 Å². The topological polar surface area (TPSA) is 72.0 Å². The Balaban J connectivity index is 1.59. The maximum atomic E-state index is 12.2. The molecule has 6 heteroatoms. The average molecular weight is 304 g/mol. The molecule has 0 aliphatic heterocycles. The molecule has 1 saturated carbocycles. The van der Waals surface area contributed by atoms with E-state index in [0.29, 0.717) is 11.7 Å². The third-order valence-corrected chi connectivity index (χ3v) is 5.57. The minimum atomic E-state index is -0.182. The first kappa shape index (κ1) is 13.0. The van der Waals surface area contributed by atoms with E-state index in [0.717, 1.165) is 35.9 Å². The predicted octanol–water partition coefficient (Wildman–Crippen LogP) is 2.17. The third-order valence-electron chi connectivity index (χ3n) is 4.39. The van der Waals surface area contributed by atoms with Gasteiger partial charge >= 0.3 is 5.97 Å². The Morgan fingerprint density at radius 3 is 3.05 bits per heavy atom. The number of carbonyl (C=O) groups is 1. The van der Waals surface area contributed by atoms with Gasteiger partial charge in [0.1, 0.15) is 17.3 Å². The average Bonchev–Trinajstić information content (AvgIpc) is 2.85. The number of rotatable bonds is 3. The predicted molar refractivity (Wildman–Crippen MR) is 79.3 cm³/mol. The van der Waals surface area contributed by atoms with E-state index in [9.17, 15) is 9.59 Å². The zero-order valence-electron chi connectivity index (χ0n) is 11.8. The van der Waals surface area contributed by atoms with Crippen molar-refractivity contribution >= 4 is 27.5 Å². The van der Waals surface area contributed by atoms with Crippen molar-refractivity contribution in [2.75, 3.05) is 0 Å². The number of hydrogen-bond acceptors (Lipinski definition) is 5. The van der Waals surface area contributed by atoms with Gasteiger partial charge in [-0.3, -0.25) is 9.59 Å². The Bertz CT molecular complexity index is 792. The Labute approximate surface area is 125 Å². The molecule has 110 valence electrons. The molecule has 2 atom stereocenters. The molecule has 1 N–H and O–H groups in total. The molecule has 2 aliphatic carbocycles. The van der Waals surface area contributed by atoms with E-state index in [1.54, 1.807) is 11.3 Å². The summed E-state index contributed by atoms with van der Waals surface area (Å²) in [5.74, 6) is 0.714. The van der Waals surface area contributed by atoms with E-state index in [-0.39, 0.29) is 24.1 Å². The Hall–Kier alpha value is -1.69. The maximum absolute atomic E-state index is 12.2.